The minimum absolute atomic E-state index is 0.0366. The van der Waals surface area contributed by atoms with Crippen LogP contribution in [-0.4, -0.2) is 50.0 Å². The largest absolute Gasteiger partial charge is 0.352 e. The Bertz CT molecular complexity index is 1150. The lowest BCUT2D eigenvalue weighted by Gasteiger charge is -2.32. The number of benzene rings is 2. The lowest BCUT2D eigenvalue weighted by atomic mass is 10.1. The van der Waals surface area contributed by atoms with Gasteiger partial charge in [-0.05, 0) is 81.0 Å². The van der Waals surface area contributed by atoms with Crippen LogP contribution in [0.3, 0.4) is 0 Å². The highest BCUT2D eigenvalue weighted by Gasteiger charge is 2.29. The van der Waals surface area contributed by atoms with E-state index in [0.29, 0.717) is 17.7 Å². The summed E-state index contributed by atoms with van der Waals surface area (Å²) in [6, 6.07) is 10.7. The molecular formula is C28H40FN3O4S. The van der Waals surface area contributed by atoms with E-state index in [0.717, 1.165) is 23.8 Å². The van der Waals surface area contributed by atoms with E-state index in [2.05, 4.69) is 5.32 Å². The van der Waals surface area contributed by atoms with Crippen LogP contribution in [0.2, 0.25) is 0 Å². The third-order valence-corrected chi connectivity index (χ3v) is 7.49. The van der Waals surface area contributed by atoms with E-state index in [-0.39, 0.29) is 49.6 Å². The average Bonchev–Trinajstić information content (AvgIpc) is 2.81. The molecule has 0 unspecified atom stereocenters. The van der Waals surface area contributed by atoms with Gasteiger partial charge in [0, 0.05) is 25.6 Å². The van der Waals surface area contributed by atoms with Gasteiger partial charge in [0.2, 0.25) is 21.8 Å². The fourth-order valence-corrected chi connectivity index (χ4v) is 5.19. The molecule has 37 heavy (non-hydrogen) atoms. The Hall–Kier alpha value is -2.94. The molecule has 9 heteroatoms. The summed E-state index contributed by atoms with van der Waals surface area (Å²) in [7, 11) is -3.56. The molecule has 0 aliphatic heterocycles. The van der Waals surface area contributed by atoms with Crippen LogP contribution in [-0.2, 0) is 26.2 Å². The molecule has 2 aromatic rings. The number of rotatable bonds is 13. The maximum Gasteiger partial charge on any atom is 0.243 e. The lowest BCUT2D eigenvalue weighted by molar-refractivity contribution is -0.141. The fourth-order valence-electron chi connectivity index (χ4n) is 4.25. The Morgan fingerprint density at radius 1 is 1.00 bits per heavy atom. The molecule has 0 aliphatic carbocycles. The Morgan fingerprint density at radius 2 is 1.59 bits per heavy atom. The normalized spacial score (nSPS) is 13.1. The molecule has 0 fully saturated rings. The van der Waals surface area contributed by atoms with Crippen molar-refractivity contribution in [2.75, 3.05) is 17.1 Å². The molecular weight excluding hydrogens is 493 g/mol. The van der Waals surface area contributed by atoms with Crippen LogP contribution in [0.5, 0.6) is 0 Å². The van der Waals surface area contributed by atoms with Gasteiger partial charge in [-0.3, -0.25) is 13.9 Å². The molecule has 1 N–H and O–H groups in total. The molecule has 204 valence electrons. The first-order valence-electron chi connectivity index (χ1n) is 12.8. The summed E-state index contributed by atoms with van der Waals surface area (Å²) in [6.07, 6.45) is 2.66. The molecule has 0 bridgehead atoms. The molecule has 0 spiro atoms. The first kappa shape index (κ1) is 30.3. The number of carbonyl (C=O) groups excluding carboxylic acids is 2. The number of hydrogen-bond donors (Lipinski definition) is 1. The Labute approximate surface area is 221 Å². The van der Waals surface area contributed by atoms with Gasteiger partial charge in [-0.2, -0.15) is 0 Å². The minimum atomic E-state index is -3.56. The summed E-state index contributed by atoms with van der Waals surface area (Å²) in [5.41, 5.74) is 3.17. The molecule has 0 aromatic heterocycles. The van der Waals surface area contributed by atoms with E-state index < -0.39 is 16.1 Å². The van der Waals surface area contributed by atoms with Crippen LogP contribution in [0.15, 0.2) is 42.5 Å². The van der Waals surface area contributed by atoms with Gasteiger partial charge in [-0.15, -0.1) is 0 Å². The van der Waals surface area contributed by atoms with Crippen molar-refractivity contribution in [1.82, 2.24) is 10.2 Å². The van der Waals surface area contributed by atoms with E-state index in [1.54, 1.807) is 12.1 Å². The summed E-state index contributed by atoms with van der Waals surface area (Å²) < 4.78 is 39.9. The number of hydrogen-bond acceptors (Lipinski definition) is 4. The maximum absolute atomic E-state index is 13.5. The van der Waals surface area contributed by atoms with Crippen molar-refractivity contribution >= 4 is 27.5 Å². The zero-order chi connectivity index (χ0) is 27.8. The maximum atomic E-state index is 13.5. The molecule has 2 amide bonds. The van der Waals surface area contributed by atoms with Crippen LogP contribution in [0.4, 0.5) is 10.1 Å². The van der Waals surface area contributed by atoms with E-state index in [9.17, 15) is 22.4 Å². The van der Waals surface area contributed by atoms with Crippen molar-refractivity contribution in [1.29, 1.82) is 0 Å². The van der Waals surface area contributed by atoms with E-state index in [4.69, 9.17) is 0 Å². The SMILES string of the molecule is CC[C@@H](C)NC(=O)[C@@H](CC)N(Cc1ccc(F)cc1)C(=O)CCCN(c1cc(C)cc(C)c1)S(C)(=O)=O. The van der Waals surface area contributed by atoms with Gasteiger partial charge in [0.25, 0.3) is 0 Å². The molecule has 7 nitrogen and oxygen atoms in total. The molecule has 2 atom stereocenters. The number of amides is 2. The summed E-state index contributed by atoms with van der Waals surface area (Å²) in [6.45, 7) is 9.82. The number of nitrogens with zero attached hydrogens (tertiary/aromatic N) is 2. The highest BCUT2D eigenvalue weighted by atomic mass is 32.2. The van der Waals surface area contributed by atoms with Gasteiger partial charge in [-0.1, -0.05) is 32.0 Å². The van der Waals surface area contributed by atoms with Crippen molar-refractivity contribution < 1.29 is 22.4 Å². The molecule has 0 radical (unpaired) electrons. The third-order valence-electron chi connectivity index (χ3n) is 6.30. The predicted molar refractivity (Wildman–Crippen MR) is 146 cm³/mol. The van der Waals surface area contributed by atoms with Crippen LogP contribution >= 0.6 is 0 Å². The van der Waals surface area contributed by atoms with E-state index in [1.807, 2.05) is 52.8 Å². The molecule has 2 rings (SSSR count). The van der Waals surface area contributed by atoms with Gasteiger partial charge >= 0.3 is 0 Å². The number of anilines is 1. The first-order chi connectivity index (χ1) is 17.3. The van der Waals surface area contributed by atoms with E-state index >= 15 is 0 Å². The highest BCUT2D eigenvalue weighted by molar-refractivity contribution is 7.92. The van der Waals surface area contributed by atoms with Gasteiger partial charge in [0.1, 0.15) is 11.9 Å². The van der Waals surface area contributed by atoms with Crippen LogP contribution in [0, 0.1) is 19.7 Å². The van der Waals surface area contributed by atoms with Crippen LogP contribution in [0.1, 0.15) is 63.1 Å². The second kappa shape index (κ2) is 13.6. The Kier molecular flexibility index (Phi) is 11.1. The highest BCUT2D eigenvalue weighted by Crippen LogP contribution is 2.22. The van der Waals surface area contributed by atoms with Gasteiger partial charge in [0.15, 0.2) is 0 Å². The number of nitrogens with one attached hydrogen (secondary N) is 1. The lowest BCUT2D eigenvalue weighted by Crippen LogP contribution is -2.50. The minimum Gasteiger partial charge on any atom is -0.352 e. The molecule has 2 aromatic carbocycles. The second-order valence-electron chi connectivity index (χ2n) is 9.67. The summed E-state index contributed by atoms with van der Waals surface area (Å²) >= 11 is 0. The zero-order valence-electron chi connectivity index (χ0n) is 22.8. The second-order valence-corrected chi connectivity index (χ2v) is 11.6. The van der Waals surface area contributed by atoms with Crippen LogP contribution < -0.4 is 9.62 Å². The van der Waals surface area contributed by atoms with Gasteiger partial charge in [0.05, 0.1) is 11.9 Å². The number of sulfonamides is 1. The summed E-state index contributed by atoms with van der Waals surface area (Å²) in [5.74, 6) is -0.875. The van der Waals surface area contributed by atoms with Gasteiger partial charge < -0.3 is 10.2 Å². The molecule has 0 aliphatic rings. The summed E-state index contributed by atoms with van der Waals surface area (Å²) in [4.78, 5) is 28.0. The zero-order valence-corrected chi connectivity index (χ0v) is 23.6. The molecule has 0 heterocycles. The Balaban J connectivity index is 2.24. The molecule has 0 saturated heterocycles. The monoisotopic (exact) mass is 533 g/mol. The third kappa shape index (κ3) is 9.14. The first-order valence-corrected chi connectivity index (χ1v) is 14.6. The number of aryl methyl sites for hydroxylation is 2. The van der Waals surface area contributed by atoms with Crippen molar-refractivity contribution in [3.8, 4) is 0 Å². The average molecular weight is 534 g/mol. The van der Waals surface area contributed by atoms with Crippen molar-refractivity contribution in [3.63, 3.8) is 0 Å². The van der Waals surface area contributed by atoms with Crippen molar-refractivity contribution in [2.45, 2.75) is 78.9 Å². The van der Waals surface area contributed by atoms with Crippen molar-refractivity contribution in [3.05, 3.63) is 65.0 Å². The Morgan fingerprint density at radius 3 is 2.11 bits per heavy atom. The molecule has 0 saturated carbocycles. The number of carbonyl (C=O) groups is 2. The quantitative estimate of drug-likeness (QED) is 0.404. The van der Waals surface area contributed by atoms with Gasteiger partial charge in [-0.25, -0.2) is 12.8 Å². The topological polar surface area (TPSA) is 86.8 Å². The fraction of sp³-hybridized carbons (Fsp3) is 0.500. The van der Waals surface area contributed by atoms with E-state index in [1.165, 1.54) is 21.3 Å². The standard InChI is InChI=1S/C28H40FN3O4S/c1-7-22(5)30-28(34)26(8-2)31(19-23-11-13-24(29)14-12-23)27(33)10-9-15-32(37(6,35)36)25-17-20(3)16-21(4)18-25/h11-14,16-18,22,26H,7-10,15,19H2,1-6H3,(H,30,34)/t22-,26-/m1/s1. The predicted octanol–water partition coefficient (Wildman–Crippen LogP) is 4.71. The number of halogens is 1. The summed E-state index contributed by atoms with van der Waals surface area (Å²) in [5, 5.41) is 2.96. The van der Waals surface area contributed by atoms with Crippen LogP contribution in [0.25, 0.3) is 0 Å². The van der Waals surface area contributed by atoms with Crippen molar-refractivity contribution in [2.24, 2.45) is 0 Å². The smallest absolute Gasteiger partial charge is 0.243 e.